The van der Waals surface area contributed by atoms with Crippen molar-refractivity contribution in [3.05, 3.63) is 38.7 Å². The van der Waals surface area contributed by atoms with Crippen LogP contribution in [0, 0.1) is 9.39 Å². The monoisotopic (exact) mass is 392 g/mol. The van der Waals surface area contributed by atoms with Crippen molar-refractivity contribution in [2.45, 2.75) is 6.42 Å². The van der Waals surface area contributed by atoms with E-state index in [1.165, 1.54) is 24.5 Å². The van der Waals surface area contributed by atoms with E-state index in [4.69, 9.17) is 0 Å². The van der Waals surface area contributed by atoms with Gasteiger partial charge < -0.3 is 10.1 Å². The van der Waals surface area contributed by atoms with E-state index in [1.807, 2.05) is 22.6 Å². The molecule has 1 aromatic carbocycles. The molecule has 0 atom stereocenters. The fraction of sp³-hybridized carbons (Fsp3) is 0.167. The Hall–Kier alpha value is -1.22. The van der Waals surface area contributed by atoms with Crippen LogP contribution >= 0.6 is 33.9 Å². The number of anilines is 2. The fourth-order valence-corrected chi connectivity index (χ4v) is 2.60. The maximum absolute atomic E-state index is 13.4. The molecule has 1 aromatic heterocycles. The Morgan fingerprint density at radius 2 is 2.37 bits per heavy atom. The zero-order valence-corrected chi connectivity index (χ0v) is 12.9. The summed E-state index contributed by atoms with van der Waals surface area (Å²) in [4.78, 5) is 15.4. The van der Waals surface area contributed by atoms with E-state index in [1.54, 1.807) is 17.5 Å². The van der Waals surface area contributed by atoms with Gasteiger partial charge in [0.15, 0.2) is 5.13 Å². The minimum Gasteiger partial charge on any atom is -0.469 e. The average molecular weight is 392 g/mol. The van der Waals surface area contributed by atoms with Gasteiger partial charge in [0.25, 0.3) is 0 Å². The molecule has 0 saturated heterocycles. The number of nitrogens with zero attached hydrogens (tertiary/aromatic N) is 1. The lowest BCUT2D eigenvalue weighted by molar-refractivity contribution is -0.139. The Morgan fingerprint density at radius 1 is 1.58 bits per heavy atom. The Morgan fingerprint density at radius 3 is 3.11 bits per heavy atom. The van der Waals surface area contributed by atoms with E-state index in [0.717, 1.165) is 0 Å². The number of benzene rings is 1. The first-order valence-corrected chi connectivity index (χ1v) is 7.28. The minimum atomic E-state index is -0.336. The second kappa shape index (κ2) is 6.29. The predicted molar refractivity (Wildman–Crippen MR) is 80.2 cm³/mol. The quantitative estimate of drug-likeness (QED) is 0.641. The van der Waals surface area contributed by atoms with Gasteiger partial charge in [-0.1, -0.05) is 6.07 Å². The summed E-state index contributed by atoms with van der Waals surface area (Å²) in [5.74, 6) is -0.617. The number of ether oxygens (including phenoxy) is 1. The number of nitrogens with one attached hydrogen (secondary N) is 1. The molecular weight excluding hydrogens is 382 g/mol. The number of hydrogen-bond donors (Lipinski definition) is 1. The van der Waals surface area contributed by atoms with Crippen LogP contribution in [0.1, 0.15) is 5.69 Å². The first-order valence-electron chi connectivity index (χ1n) is 5.32. The fourth-order valence-electron chi connectivity index (χ4n) is 1.38. The van der Waals surface area contributed by atoms with Crippen molar-refractivity contribution in [1.29, 1.82) is 0 Å². The third-order valence-electron chi connectivity index (χ3n) is 2.30. The van der Waals surface area contributed by atoms with Gasteiger partial charge in [0, 0.05) is 5.38 Å². The van der Waals surface area contributed by atoms with Gasteiger partial charge in [-0.25, -0.2) is 9.37 Å². The van der Waals surface area contributed by atoms with Crippen molar-refractivity contribution in [2.75, 3.05) is 12.4 Å². The number of rotatable bonds is 4. The van der Waals surface area contributed by atoms with Crippen molar-refractivity contribution in [3.8, 4) is 0 Å². The van der Waals surface area contributed by atoms with E-state index < -0.39 is 0 Å². The van der Waals surface area contributed by atoms with Crippen molar-refractivity contribution in [3.63, 3.8) is 0 Å². The number of hydrogen-bond acceptors (Lipinski definition) is 5. The van der Waals surface area contributed by atoms with Crippen LogP contribution in [-0.4, -0.2) is 18.1 Å². The molecule has 0 aliphatic heterocycles. The highest BCUT2D eigenvalue weighted by Crippen LogP contribution is 2.26. The Kier molecular flexibility index (Phi) is 4.70. The smallest absolute Gasteiger partial charge is 0.311 e. The lowest BCUT2D eigenvalue weighted by Gasteiger charge is -2.05. The molecule has 0 radical (unpaired) electrons. The second-order valence-corrected chi connectivity index (χ2v) is 5.56. The first kappa shape index (κ1) is 14.2. The summed E-state index contributed by atoms with van der Waals surface area (Å²) >= 11 is 3.29. The molecule has 2 aromatic rings. The molecule has 7 heteroatoms. The zero-order valence-electron chi connectivity index (χ0n) is 9.94. The lowest BCUT2D eigenvalue weighted by Crippen LogP contribution is -2.04. The molecule has 0 saturated carbocycles. The number of halogens is 2. The zero-order chi connectivity index (χ0) is 13.8. The number of esters is 1. The molecule has 0 aliphatic carbocycles. The van der Waals surface area contributed by atoms with Gasteiger partial charge in [0.1, 0.15) is 5.82 Å². The topological polar surface area (TPSA) is 51.2 Å². The molecule has 1 N–H and O–H groups in total. The van der Waals surface area contributed by atoms with Crippen LogP contribution in [0.2, 0.25) is 0 Å². The molecule has 19 heavy (non-hydrogen) atoms. The van der Waals surface area contributed by atoms with Crippen LogP contribution in [0.4, 0.5) is 15.2 Å². The predicted octanol–water partition coefficient (Wildman–Crippen LogP) is 3.35. The van der Waals surface area contributed by atoms with Crippen LogP contribution in [0.5, 0.6) is 0 Å². The molecule has 0 amide bonds. The van der Waals surface area contributed by atoms with E-state index >= 15 is 0 Å². The van der Waals surface area contributed by atoms with Gasteiger partial charge in [-0.05, 0) is 34.7 Å². The van der Waals surface area contributed by atoms with Crippen LogP contribution in [0.25, 0.3) is 0 Å². The highest BCUT2D eigenvalue weighted by Gasteiger charge is 2.10. The van der Waals surface area contributed by atoms with Gasteiger partial charge in [-0.2, -0.15) is 0 Å². The standard InChI is InChI=1S/C12H10FIN2O2S/c1-18-10(17)5-7-6-19-12(15-7)16-9-4-2-3-8(13)11(9)14/h2-4,6H,5H2,1H3,(H,15,16). The average Bonchev–Trinajstić information content (AvgIpc) is 2.82. The Bertz CT molecular complexity index is 603. The van der Waals surface area contributed by atoms with Crippen LogP contribution in [0.15, 0.2) is 23.6 Å². The van der Waals surface area contributed by atoms with Gasteiger partial charge in [0.05, 0.1) is 28.5 Å². The highest BCUT2D eigenvalue weighted by molar-refractivity contribution is 14.1. The maximum atomic E-state index is 13.4. The van der Waals surface area contributed by atoms with Crippen LogP contribution in [0.3, 0.4) is 0 Å². The van der Waals surface area contributed by atoms with Gasteiger partial charge in [-0.15, -0.1) is 11.3 Å². The van der Waals surface area contributed by atoms with E-state index in [2.05, 4.69) is 15.0 Å². The SMILES string of the molecule is COC(=O)Cc1csc(Nc2cccc(F)c2I)n1. The number of thiazole rings is 1. The van der Waals surface area contributed by atoms with Crippen molar-refractivity contribution < 1.29 is 13.9 Å². The molecule has 0 aliphatic rings. The molecule has 4 nitrogen and oxygen atoms in total. The van der Waals surface area contributed by atoms with Crippen molar-refractivity contribution in [1.82, 2.24) is 4.98 Å². The van der Waals surface area contributed by atoms with E-state index in [9.17, 15) is 9.18 Å². The molecule has 100 valence electrons. The maximum Gasteiger partial charge on any atom is 0.311 e. The summed E-state index contributed by atoms with van der Waals surface area (Å²) in [6.45, 7) is 0. The first-order chi connectivity index (χ1) is 9.10. The highest BCUT2D eigenvalue weighted by atomic mass is 127. The number of methoxy groups -OCH3 is 1. The summed E-state index contributed by atoms with van der Waals surface area (Å²) < 4.78 is 18.5. The van der Waals surface area contributed by atoms with Gasteiger partial charge in [-0.3, -0.25) is 4.79 Å². The molecule has 0 bridgehead atoms. The molecule has 0 unspecified atom stereocenters. The third kappa shape index (κ3) is 3.63. The molecule has 1 heterocycles. The lowest BCUT2D eigenvalue weighted by atomic mass is 10.3. The molecular formula is C12H10FIN2O2S. The number of carbonyl (C=O) groups excluding carboxylic acids is 1. The Balaban J connectivity index is 2.11. The van der Waals surface area contributed by atoms with Gasteiger partial charge >= 0.3 is 5.97 Å². The number of carbonyl (C=O) groups is 1. The van der Waals surface area contributed by atoms with Crippen LogP contribution < -0.4 is 5.32 Å². The summed E-state index contributed by atoms with van der Waals surface area (Å²) in [5, 5.41) is 5.42. The van der Waals surface area contributed by atoms with Crippen LogP contribution in [-0.2, 0) is 16.0 Å². The van der Waals surface area contributed by atoms with Gasteiger partial charge in [0.2, 0.25) is 0 Å². The largest absolute Gasteiger partial charge is 0.469 e. The van der Waals surface area contributed by atoms with E-state index in [0.29, 0.717) is 20.1 Å². The third-order valence-corrected chi connectivity index (χ3v) is 4.20. The van der Waals surface area contributed by atoms with E-state index in [-0.39, 0.29) is 18.2 Å². The summed E-state index contributed by atoms with van der Waals surface area (Å²) in [7, 11) is 1.34. The Labute approximate surface area is 127 Å². The minimum absolute atomic E-state index is 0.134. The van der Waals surface area contributed by atoms with Crippen molar-refractivity contribution in [2.24, 2.45) is 0 Å². The molecule has 2 rings (SSSR count). The van der Waals surface area contributed by atoms with Crippen molar-refractivity contribution >= 4 is 50.7 Å². The number of aromatic nitrogens is 1. The summed E-state index contributed by atoms with van der Waals surface area (Å²) in [6, 6.07) is 4.80. The summed E-state index contributed by atoms with van der Waals surface area (Å²) in [5.41, 5.74) is 1.28. The second-order valence-electron chi connectivity index (χ2n) is 3.62. The molecule has 0 spiro atoms. The normalized spacial score (nSPS) is 10.3. The molecule has 0 fully saturated rings. The summed E-state index contributed by atoms with van der Waals surface area (Å²) in [6.07, 6.45) is 0.134.